The molecule has 1 saturated heterocycles. The highest BCUT2D eigenvalue weighted by atomic mass is 79.9. The summed E-state index contributed by atoms with van der Waals surface area (Å²) in [7, 11) is 3.14. The van der Waals surface area contributed by atoms with Crippen LogP contribution in [0, 0.1) is 0 Å². The largest absolute Gasteiger partial charge is 0.467 e. The number of nitrogens with zero attached hydrogens (tertiary/aromatic N) is 1. The van der Waals surface area contributed by atoms with Gasteiger partial charge >= 0.3 is 0 Å². The number of halogens is 1. The molecule has 1 aliphatic rings. The first-order chi connectivity index (χ1) is 18.6. The summed E-state index contributed by atoms with van der Waals surface area (Å²) in [6, 6.07) is 22.3. The molecule has 1 heterocycles. The SMILES string of the molecule is COCOc1cc(OCOC)c(-c2ccccc2)c(CC(=O)NC2CCN(Cc3ccccc3)CC2)c1Br. The molecular formula is C30H35BrN2O5. The molecule has 7 nitrogen and oxygen atoms in total. The number of carbonyl (C=O) groups excluding carboxylic acids is 1. The van der Waals surface area contributed by atoms with Crippen molar-refractivity contribution in [3.8, 4) is 22.6 Å². The number of piperidine rings is 1. The van der Waals surface area contributed by atoms with E-state index in [1.807, 2.05) is 36.4 Å². The molecule has 0 unspecified atom stereocenters. The Kier molecular flexibility index (Phi) is 10.6. The second-order valence-electron chi connectivity index (χ2n) is 9.29. The minimum atomic E-state index is -0.0361. The maximum Gasteiger partial charge on any atom is 0.224 e. The maximum atomic E-state index is 13.4. The molecule has 0 bridgehead atoms. The number of rotatable bonds is 12. The van der Waals surface area contributed by atoms with Crippen LogP contribution in [0.2, 0.25) is 0 Å². The highest BCUT2D eigenvalue weighted by Crippen LogP contribution is 2.43. The van der Waals surface area contributed by atoms with E-state index < -0.39 is 0 Å². The molecular weight excluding hydrogens is 548 g/mol. The Labute approximate surface area is 233 Å². The molecule has 0 spiro atoms. The molecule has 0 aliphatic carbocycles. The zero-order valence-electron chi connectivity index (χ0n) is 22.0. The van der Waals surface area contributed by atoms with Crippen LogP contribution in [0.1, 0.15) is 24.0 Å². The first-order valence-corrected chi connectivity index (χ1v) is 13.6. The molecule has 0 radical (unpaired) electrons. The third-order valence-corrected chi connectivity index (χ3v) is 7.43. The number of methoxy groups -OCH3 is 2. The zero-order valence-corrected chi connectivity index (χ0v) is 23.5. The molecule has 38 heavy (non-hydrogen) atoms. The Bertz CT molecular complexity index is 1170. The van der Waals surface area contributed by atoms with Gasteiger partial charge in [0, 0.05) is 51.5 Å². The van der Waals surface area contributed by atoms with E-state index in [0.717, 1.165) is 49.2 Å². The summed E-state index contributed by atoms with van der Waals surface area (Å²) in [5, 5.41) is 3.27. The van der Waals surface area contributed by atoms with Crippen LogP contribution in [-0.4, -0.2) is 57.7 Å². The third kappa shape index (κ3) is 7.57. The van der Waals surface area contributed by atoms with E-state index in [0.29, 0.717) is 16.0 Å². The molecule has 1 aliphatic heterocycles. The minimum absolute atomic E-state index is 0.0361. The summed E-state index contributed by atoms with van der Waals surface area (Å²) in [5.74, 6) is 1.07. The summed E-state index contributed by atoms with van der Waals surface area (Å²) in [6.45, 7) is 2.98. The van der Waals surface area contributed by atoms with Gasteiger partial charge in [-0.15, -0.1) is 0 Å². The zero-order chi connectivity index (χ0) is 26.7. The van der Waals surface area contributed by atoms with E-state index >= 15 is 0 Å². The fourth-order valence-corrected chi connectivity index (χ4v) is 5.30. The Morgan fingerprint density at radius 2 is 1.53 bits per heavy atom. The lowest BCUT2D eigenvalue weighted by Crippen LogP contribution is -2.44. The van der Waals surface area contributed by atoms with Crippen molar-refractivity contribution in [3.63, 3.8) is 0 Å². The van der Waals surface area contributed by atoms with Crippen molar-refractivity contribution >= 4 is 21.8 Å². The fourth-order valence-electron chi connectivity index (χ4n) is 4.73. The summed E-state index contributed by atoms with van der Waals surface area (Å²) >= 11 is 3.70. The van der Waals surface area contributed by atoms with Crippen LogP contribution in [0.3, 0.4) is 0 Å². The summed E-state index contributed by atoms with van der Waals surface area (Å²) in [5.41, 5.74) is 3.87. The highest BCUT2D eigenvalue weighted by molar-refractivity contribution is 9.10. The van der Waals surface area contributed by atoms with Crippen LogP contribution >= 0.6 is 15.9 Å². The predicted octanol–water partition coefficient (Wildman–Crippen LogP) is 5.40. The van der Waals surface area contributed by atoms with E-state index in [4.69, 9.17) is 18.9 Å². The molecule has 1 fully saturated rings. The summed E-state index contributed by atoms with van der Waals surface area (Å²) in [6.07, 6.45) is 2.01. The molecule has 0 saturated carbocycles. The van der Waals surface area contributed by atoms with Gasteiger partial charge in [-0.1, -0.05) is 60.7 Å². The van der Waals surface area contributed by atoms with Gasteiger partial charge in [0.1, 0.15) is 11.5 Å². The third-order valence-electron chi connectivity index (χ3n) is 6.56. The Balaban J connectivity index is 1.51. The molecule has 1 N–H and O–H groups in total. The number of hydrogen-bond acceptors (Lipinski definition) is 6. The van der Waals surface area contributed by atoms with Gasteiger partial charge in [-0.3, -0.25) is 9.69 Å². The van der Waals surface area contributed by atoms with Gasteiger partial charge in [0.05, 0.1) is 10.9 Å². The van der Waals surface area contributed by atoms with E-state index in [1.54, 1.807) is 20.3 Å². The second-order valence-corrected chi connectivity index (χ2v) is 10.1. The van der Waals surface area contributed by atoms with E-state index in [-0.39, 0.29) is 32.0 Å². The van der Waals surface area contributed by atoms with Gasteiger partial charge in [-0.05, 0) is 45.5 Å². The normalized spacial score (nSPS) is 14.3. The van der Waals surface area contributed by atoms with Crippen LogP contribution < -0.4 is 14.8 Å². The van der Waals surface area contributed by atoms with Gasteiger partial charge in [0.2, 0.25) is 5.91 Å². The predicted molar refractivity (Wildman–Crippen MR) is 151 cm³/mol. The Morgan fingerprint density at radius 3 is 2.16 bits per heavy atom. The van der Waals surface area contributed by atoms with Gasteiger partial charge < -0.3 is 24.3 Å². The monoisotopic (exact) mass is 582 g/mol. The molecule has 1 amide bonds. The van der Waals surface area contributed by atoms with Crippen LogP contribution in [0.15, 0.2) is 71.2 Å². The first-order valence-electron chi connectivity index (χ1n) is 12.8. The van der Waals surface area contributed by atoms with Crippen LogP contribution in [-0.2, 0) is 27.2 Å². The number of hydrogen-bond donors (Lipinski definition) is 1. The van der Waals surface area contributed by atoms with E-state index in [9.17, 15) is 4.79 Å². The minimum Gasteiger partial charge on any atom is -0.467 e. The van der Waals surface area contributed by atoms with Gasteiger partial charge in [-0.2, -0.15) is 0 Å². The van der Waals surface area contributed by atoms with E-state index in [1.165, 1.54) is 5.56 Å². The Morgan fingerprint density at radius 1 is 0.921 bits per heavy atom. The molecule has 0 atom stereocenters. The van der Waals surface area contributed by atoms with Crippen molar-refractivity contribution in [2.24, 2.45) is 0 Å². The van der Waals surface area contributed by atoms with Gasteiger partial charge in [-0.25, -0.2) is 0 Å². The van der Waals surface area contributed by atoms with Crippen LogP contribution in [0.4, 0.5) is 0 Å². The molecule has 3 aromatic rings. The number of benzene rings is 3. The second kappa shape index (κ2) is 14.3. The smallest absolute Gasteiger partial charge is 0.224 e. The molecule has 3 aromatic carbocycles. The van der Waals surface area contributed by atoms with Crippen molar-refractivity contribution in [2.45, 2.75) is 31.8 Å². The first kappa shape index (κ1) is 28.1. The highest BCUT2D eigenvalue weighted by Gasteiger charge is 2.25. The molecule has 202 valence electrons. The average molecular weight is 584 g/mol. The number of nitrogens with one attached hydrogen (secondary N) is 1. The number of carbonyl (C=O) groups is 1. The average Bonchev–Trinajstić information content (AvgIpc) is 2.94. The van der Waals surface area contributed by atoms with Crippen molar-refractivity contribution < 1.29 is 23.7 Å². The Hall–Kier alpha value is -2.91. The fraction of sp³-hybridized carbons (Fsp3) is 0.367. The summed E-state index contributed by atoms with van der Waals surface area (Å²) in [4.78, 5) is 15.8. The topological polar surface area (TPSA) is 69.3 Å². The number of amides is 1. The van der Waals surface area contributed by atoms with Gasteiger partial charge in [0.15, 0.2) is 13.6 Å². The number of ether oxygens (including phenoxy) is 4. The maximum absolute atomic E-state index is 13.4. The molecule has 4 rings (SSSR count). The van der Waals surface area contributed by atoms with Crippen LogP contribution in [0.5, 0.6) is 11.5 Å². The van der Waals surface area contributed by atoms with Crippen molar-refractivity contribution in [3.05, 3.63) is 82.3 Å². The lowest BCUT2D eigenvalue weighted by atomic mass is 9.95. The van der Waals surface area contributed by atoms with Gasteiger partial charge in [0.25, 0.3) is 0 Å². The standard InChI is InChI=1S/C30H35BrN2O5/c1-35-20-37-26-18-27(38-21-36-2)30(31)25(29(26)23-11-7-4-8-12-23)17-28(34)32-24-13-15-33(16-14-24)19-22-9-5-3-6-10-22/h3-12,18,24H,13-17,19-21H2,1-2H3,(H,32,34). The molecule has 8 heteroatoms. The van der Waals surface area contributed by atoms with Crippen molar-refractivity contribution in [2.75, 3.05) is 40.9 Å². The lowest BCUT2D eigenvalue weighted by molar-refractivity contribution is -0.121. The van der Waals surface area contributed by atoms with Crippen LogP contribution in [0.25, 0.3) is 11.1 Å². The summed E-state index contributed by atoms with van der Waals surface area (Å²) < 4.78 is 22.7. The number of likely N-dealkylation sites (tertiary alicyclic amines) is 1. The molecule has 0 aromatic heterocycles. The van der Waals surface area contributed by atoms with Crippen molar-refractivity contribution in [1.82, 2.24) is 10.2 Å². The lowest BCUT2D eigenvalue weighted by Gasteiger charge is -2.32. The van der Waals surface area contributed by atoms with Crippen molar-refractivity contribution in [1.29, 1.82) is 0 Å². The van der Waals surface area contributed by atoms with E-state index in [2.05, 4.69) is 50.4 Å². The quantitative estimate of drug-likeness (QED) is 0.288.